The maximum atomic E-state index is 11.3. The van der Waals surface area contributed by atoms with Gasteiger partial charge in [0.2, 0.25) is 0 Å². The highest BCUT2D eigenvalue weighted by atomic mass is 16.2. The fraction of sp³-hybridized carbons (Fsp3) is 0.900. The first-order valence-corrected chi connectivity index (χ1v) is 4.92. The predicted molar refractivity (Wildman–Crippen MR) is 53.6 cm³/mol. The van der Waals surface area contributed by atoms with Gasteiger partial charge in [0, 0.05) is 20.1 Å². The van der Waals surface area contributed by atoms with Crippen LogP contribution >= 0.6 is 0 Å². The summed E-state index contributed by atoms with van der Waals surface area (Å²) in [6, 6.07) is 0.0618. The molecule has 1 rings (SSSR count). The van der Waals surface area contributed by atoms with E-state index in [-0.39, 0.29) is 6.03 Å². The number of hydrogen-bond acceptors (Lipinski definition) is 1. The van der Waals surface area contributed by atoms with Gasteiger partial charge in [-0.05, 0) is 17.8 Å². The first-order chi connectivity index (χ1) is 5.95. The molecule has 3 nitrogen and oxygen atoms in total. The molecule has 0 bridgehead atoms. The van der Waals surface area contributed by atoms with Gasteiger partial charge in [0.25, 0.3) is 0 Å². The third-order valence-electron chi connectivity index (χ3n) is 2.91. The maximum Gasteiger partial charge on any atom is 0.317 e. The van der Waals surface area contributed by atoms with Gasteiger partial charge in [-0.3, -0.25) is 0 Å². The zero-order valence-corrected chi connectivity index (χ0v) is 9.05. The van der Waals surface area contributed by atoms with E-state index in [9.17, 15) is 4.79 Å². The van der Waals surface area contributed by atoms with Crippen LogP contribution in [0.25, 0.3) is 0 Å². The SMILES string of the molecule is CNC(=O)N1CCC(C(C)(C)C)C1. The van der Waals surface area contributed by atoms with E-state index in [2.05, 4.69) is 26.1 Å². The highest BCUT2D eigenvalue weighted by Gasteiger charge is 2.33. The molecule has 1 atom stereocenters. The number of urea groups is 1. The van der Waals surface area contributed by atoms with Crippen LogP contribution in [-0.4, -0.2) is 31.1 Å². The molecule has 1 fully saturated rings. The summed E-state index contributed by atoms with van der Waals surface area (Å²) in [7, 11) is 1.69. The molecule has 3 heteroatoms. The van der Waals surface area contributed by atoms with Crippen molar-refractivity contribution >= 4 is 6.03 Å². The zero-order chi connectivity index (χ0) is 10.1. The molecule has 0 saturated carbocycles. The second kappa shape index (κ2) is 3.56. The summed E-state index contributed by atoms with van der Waals surface area (Å²) in [6.07, 6.45) is 1.14. The third kappa shape index (κ3) is 2.36. The standard InChI is InChI=1S/C10H20N2O/c1-10(2,3)8-5-6-12(7-8)9(13)11-4/h8H,5-7H2,1-4H3,(H,11,13). The number of carbonyl (C=O) groups is 1. The quantitative estimate of drug-likeness (QED) is 0.610. The molecule has 1 aliphatic heterocycles. The van der Waals surface area contributed by atoms with Gasteiger partial charge >= 0.3 is 6.03 Å². The molecule has 76 valence electrons. The summed E-state index contributed by atoms with van der Waals surface area (Å²) in [6.45, 7) is 8.53. The van der Waals surface area contributed by atoms with E-state index in [1.165, 1.54) is 0 Å². The Hall–Kier alpha value is -0.730. The number of carbonyl (C=O) groups excluding carboxylic acids is 1. The Bertz CT molecular complexity index is 196. The fourth-order valence-corrected chi connectivity index (χ4v) is 1.81. The van der Waals surface area contributed by atoms with Crippen LogP contribution in [0, 0.1) is 11.3 Å². The highest BCUT2D eigenvalue weighted by molar-refractivity contribution is 5.74. The Kier molecular flexibility index (Phi) is 2.84. The van der Waals surface area contributed by atoms with Gasteiger partial charge in [-0.25, -0.2) is 4.79 Å². The lowest BCUT2D eigenvalue weighted by molar-refractivity contribution is 0.199. The van der Waals surface area contributed by atoms with E-state index >= 15 is 0 Å². The maximum absolute atomic E-state index is 11.3. The smallest absolute Gasteiger partial charge is 0.317 e. The van der Waals surface area contributed by atoms with Crippen molar-refractivity contribution in [1.29, 1.82) is 0 Å². The van der Waals surface area contributed by atoms with Crippen molar-refractivity contribution < 1.29 is 4.79 Å². The molecule has 0 aromatic carbocycles. The lowest BCUT2D eigenvalue weighted by Gasteiger charge is -2.26. The summed E-state index contributed by atoms with van der Waals surface area (Å²) in [5.74, 6) is 0.643. The molecule has 1 unspecified atom stereocenters. The van der Waals surface area contributed by atoms with Crippen LogP contribution in [0.15, 0.2) is 0 Å². The minimum absolute atomic E-state index is 0.0618. The van der Waals surface area contributed by atoms with Crippen LogP contribution in [-0.2, 0) is 0 Å². The molecule has 0 aromatic heterocycles. The average molecular weight is 184 g/mol. The molecule has 0 spiro atoms. The van der Waals surface area contributed by atoms with Crippen LogP contribution in [0.5, 0.6) is 0 Å². The Labute approximate surface area is 80.5 Å². The third-order valence-corrected chi connectivity index (χ3v) is 2.91. The summed E-state index contributed by atoms with van der Waals surface area (Å²) < 4.78 is 0. The Morgan fingerprint density at radius 1 is 1.46 bits per heavy atom. The van der Waals surface area contributed by atoms with Crippen LogP contribution < -0.4 is 5.32 Å². The molecule has 0 aliphatic carbocycles. The molecule has 2 amide bonds. The predicted octanol–water partition coefficient (Wildman–Crippen LogP) is 1.69. The second-order valence-electron chi connectivity index (χ2n) is 4.85. The van der Waals surface area contributed by atoms with Gasteiger partial charge in [0.1, 0.15) is 0 Å². The van der Waals surface area contributed by atoms with Gasteiger partial charge in [-0.1, -0.05) is 20.8 Å². The van der Waals surface area contributed by atoms with Crippen molar-refractivity contribution in [2.75, 3.05) is 20.1 Å². The van der Waals surface area contributed by atoms with Gasteiger partial charge in [-0.2, -0.15) is 0 Å². The zero-order valence-electron chi connectivity index (χ0n) is 9.05. The van der Waals surface area contributed by atoms with Crippen LogP contribution in [0.4, 0.5) is 4.79 Å². The number of nitrogens with one attached hydrogen (secondary N) is 1. The van der Waals surface area contributed by atoms with Crippen molar-refractivity contribution in [2.45, 2.75) is 27.2 Å². The van der Waals surface area contributed by atoms with Crippen LogP contribution in [0.1, 0.15) is 27.2 Å². The Balaban J connectivity index is 2.50. The van der Waals surface area contributed by atoms with Crippen molar-refractivity contribution in [1.82, 2.24) is 10.2 Å². The minimum atomic E-state index is 0.0618. The normalized spacial score (nSPS) is 23.4. The molecular formula is C10H20N2O. The second-order valence-corrected chi connectivity index (χ2v) is 4.85. The number of rotatable bonds is 0. The van der Waals surface area contributed by atoms with Crippen LogP contribution in [0.3, 0.4) is 0 Å². The highest BCUT2D eigenvalue weighted by Crippen LogP contribution is 2.33. The monoisotopic (exact) mass is 184 g/mol. The first-order valence-electron chi connectivity index (χ1n) is 4.92. The Morgan fingerprint density at radius 3 is 2.46 bits per heavy atom. The summed E-state index contributed by atoms with van der Waals surface area (Å²) in [5.41, 5.74) is 0.322. The first kappa shape index (κ1) is 10.4. The number of hydrogen-bond donors (Lipinski definition) is 1. The van der Waals surface area contributed by atoms with Crippen molar-refractivity contribution in [2.24, 2.45) is 11.3 Å². The van der Waals surface area contributed by atoms with Crippen molar-refractivity contribution in [3.8, 4) is 0 Å². The molecular weight excluding hydrogens is 164 g/mol. The van der Waals surface area contributed by atoms with Gasteiger partial charge in [0.05, 0.1) is 0 Å². The van der Waals surface area contributed by atoms with Gasteiger partial charge in [0.15, 0.2) is 0 Å². The van der Waals surface area contributed by atoms with E-state index < -0.39 is 0 Å². The fourth-order valence-electron chi connectivity index (χ4n) is 1.81. The number of likely N-dealkylation sites (tertiary alicyclic amines) is 1. The van der Waals surface area contributed by atoms with E-state index in [1.807, 2.05) is 4.90 Å². The molecule has 1 aliphatic rings. The van der Waals surface area contributed by atoms with E-state index in [4.69, 9.17) is 0 Å². The molecule has 1 N–H and O–H groups in total. The molecule has 0 aromatic rings. The molecule has 13 heavy (non-hydrogen) atoms. The van der Waals surface area contributed by atoms with E-state index in [0.29, 0.717) is 11.3 Å². The summed E-state index contributed by atoms with van der Waals surface area (Å²) in [4.78, 5) is 13.2. The van der Waals surface area contributed by atoms with E-state index in [0.717, 1.165) is 19.5 Å². The van der Waals surface area contributed by atoms with Gasteiger partial charge < -0.3 is 10.2 Å². The van der Waals surface area contributed by atoms with E-state index in [1.54, 1.807) is 7.05 Å². The Morgan fingerprint density at radius 2 is 2.08 bits per heavy atom. The largest absolute Gasteiger partial charge is 0.341 e. The lowest BCUT2D eigenvalue weighted by Crippen LogP contribution is -2.37. The average Bonchev–Trinajstić information content (AvgIpc) is 2.50. The summed E-state index contributed by atoms with van der Waals surface area (Å²) >= 11 is 0. The number of nitrogens with zero attached hydrogens (tertiary/aromatic N) is 1. The van der Waals surface area contributed by atoms with Crippen molar-refractivity contribution in [3.63, 3.8) is 0 Å². The van der Waals surface area contributed by atoms with Gasteiger partial charge in [-0.15, -0.1) is 0 Å². The topological polar surface area (TPSA) is 32.3 Å². The number of amides is 2. The molecule has 1 saturated heterocycles. The van der Waals surface area contributed by atoms with Crippen LogP contribution in [0.2, 0.25) is 0 Å². The van der Waals surface area contributed by atoms with Crippen molar-refractivity contribution in [3.05, 3.63) is 0 Å². The summed E-state index contributed by atoms with van der Waals surface area (Å²) in [5, 5.41) is 2.67. The molecule has 0 radical (unpaired) electrons. The molecule has 1 heterocycles. The lowest BCUT2D eigenvalue weighted by atomic mass is 9.80. The minimum Gasteiger partial charge on any atom is -0.341 e.